The van der Waals surface area contributed by atoms with E-state index in [1.54, 1.807) is 17.9 Å². The van der Waals surface area contributed by atoms with Gasteiger partial charge in [0.1, 0.15) is 12.2 Å². The van der Waals surface area contributed by atoms with Crippen molar-refractivity contribution in [3.05, 3.63) is 71.7 Å². The van der Waals surface area contributed by atoms with Crippen molar-refractivity contribution in [2.45, 2.75) is 19.8 Å². The molecule has 0 unspecified atom stereocenters. The van der Waals surface area contributed by atoms with E-state index in [2.05, 4.69) is 6.58 Å². The Hall–Kier alpha value is -2.82. The van der Waals surface area contributed by atoms with Crippen molar-refractivity contribution in [3.8, 4) is 0 Å². The van der Waals surface area contributed by atoms with Gasteiger partial charge in [-0.05, 0) is 18.9 Å². The number of rotatable bonds is 8. The molecule has 5 heteroatoms. The highest BCUT2D eigenvalue weighted by Gasteiger charge is 2.24. The van der Waals surface area contributed by atoms with Gasteiger partial charge in [0.2, 0.25) is 0 Å². The van der Waals surface area contributed by atoms with E-state index in [1.165, 1.54) is 6.26 Å². The number of aliphatic carboxylic acids is 1. The second-order valence-electron chi connectivity index (χ2n) is 5.56. The van der Waals surface area contributed by atoms with E-state index >= 15 is 0 Å². The van der Waals surface area contributed by atoms with Crippen LogP contribution in [0.4, 0.5) is 0 Å². The van der Waals surface area contributed by atoms with Crippen molar-refractivity contribution < 1.29 is 19.1 Å². The Morgan fingerprint density at radius 3 is 2.62 bits per heavy atom. The van der Waals surface area contributed by atoms with Gasteiger partial charge >= 0.3 is 5.97 Å². The maximum Gasteiger partial charge on any atom is 0.311 e. The summed E-state index contributed by atoms with van der Waals surface area (Å²) in [6, 6.07) is 9.88. The second-order valence-corrected chi connectivity index (χ2v) is 5.56. The highest BCUT2D eigenvalue weighted by atomic mass is 16.4. The van der Waals surface area contributed by atoms with E-state index in [0.717, 1.165) is 5.56 Å². The Bertz CT molecular complexity index is 718. The maximum atomic E-state index is 12.9. The lowest BCUT2D eigenvalue weighted by Gasteiger charge is -2.21. The molecule has 0 spiro atoms. The third-order valence-electron chi connectivity index (χ3n) is 3.73. The zero-order valence-electron chi connectivity index (χ0n) is 13.7. The molecule has 0 aliphatic heterocycles. The summed E-state index contributed by atoms with van der Waals surface area (Å²) in [5, 5.41) is 8.98. The van der Waals surface area contributed by atoms with Gasteiger partial charge < -0.3 is 14.4 Å². The molecule has 1 amide bonds. The minimum Gasteiger partial charge on any atom is -0.481 e. The summed E-state index contributed by atoms with van der Waals surface area (Å²) in [5.74, 6) is -1.06. The van der Waals surface area contributed by atoms with Gasteiger partial charge in [-0.1, -0.05) is 36.4 Å². The molecule has 24 heavy (non-hydrogen) atoms. The summed E-state index contributed by atoms with van der Waals surface area (Å²) in [4.78, 5) is 25.5. The van der Waals surface area contributed by atoms with Crippen molar-refractivity contribution in [1.82, 2.24) is 4.90 Å². The van der Waals surface area contributed by atoms with Gasteiger partial charge in [0.25, 0.3) is 5.91 Å². The van der Waals surface area contributed by atoms with Crippen LogP contribution >= 0.6 is 0 Å². The number of carbonyl (C=O) groups is 2. The zero-order valence-corrected chi connectivity index (χ0v) is 13.7. The van der Waals surface area contributed by atoms with Crippen LogP contribution in [0.5, 0.6) is 0 Å². The molecule has 0 saturated carbocycles. The highest BCUT2D eigenvalue weighted by Crippen LogP contribution is 2.20. The van der Waals surface area contributed by atoms with Crippen molar-refractivity contribution in [1.29, 1.82) is 0 Å². The Labute approximate surface area is 141 Å². The molecular weight excluding hydrogens is 306 g/mol. The number of carboxylic acid groups (broad SMARTS) is 1. The van der Waals surface area contributed by atoms with Crippen LogP contribution < -0.4 is 0 Å². The Balaban J connectivity index is 2.18. The molecule has 0 saturated heterocycles. The van der Waals surface area contributed by atoms with Crippen molar-refractivity contribution in [2.24, 2.45) is 0 Å². The lowest BCUT2D eigenvalue weighted by Crippen LogP contribution is -2.34. The second kappa shape index (κ2) is 8.15. The highest BCUT2D eigenvalue weighted by molar-refractivity contribution is 5.97. The summed E-state index contributed by atoms with van der Waals surface area (Å²) in [7, 11) is 0. The number of amides is 1. The van der Waals surface area contributed by atoms with Crippen molar-refractivity contribution in [2.75, 3.05) is 13.1 Å². The van der Waals surface area contributed by atoms with Gasteiger partial charge in [-0.2, -0.15) is 0 Å². The lowest BCUT2D eigenvalue weighted by molar-refractivity contribution is -0.136. The standard InChI is InChI=1S/C19H21NO4/c1-3-10-20(11-9-15-7-5-4-6-8-15)19(23)18-14(2)13-24-16(18)12-17(21)22/h3-8,13H,1,9-12H2,2H3,(H,21,22). The Kier molecular flexibility index (Phi) is 5.95. The summed E-state index contributed by atoms with van der Waals surface area (Å²) in [6.45, 7) is 6.35. The molecule has 126 valence electrons. The minimum atomic E-state index is -1.03. The van der Waals surface area contributed by atoms with E-state index in [4.69, 9.17) is 9.52 Å². The molecule has 0 bridgehead atoms. The summed E-state index contributed by atoms with van der Waals surface area (Å²) in [5.41, 5.74) is 2.12. The average molecular weight is 327 g/mol. The first-order valence-corrected chi connectivity index (χ1v) is 7.75. The van der Waals surface area contributed by atoms with Gasteiger partial charge in [0.05, 0.1) is 11.8 Å². The number of hydrogen-bond acceptors (Lipinski definition) is 3. The molecule has 0 aliphatic carbocycles. The predicted molar refractivity (Wildman–Crippen MR) is 91.0 cm³/mol. The van der Waals surface area contributed by atoms with Crippen LogP contribution in [0.15, 0.2) is 53.7 Å². The Morgan fingerprint density at radius 1 is 1.29 bits per heavy atom. The predicted octanol–water partition coefficient (Wildman–Crippen LogP) is 3.09. The summed E-state index contributed by atoms with van der Waals surface area (Å²) < 4.78 is 5.26. The molecule has 1 aromatic carbocycles. The van der Waals surface area contributed by atoms with Crippen LogP contribution in [0.1, 0.15) is 27.2 Å². The first kappa shape index (κ1) is 17.5. The lowest BCUT2D eigenvalue weighted by atomic mass is 10.1. The molecule has 0 fully saturated rings. The largest absolute Gasteiger partial charge is 0.481 e. The van der Waals surface area contributed by atoms with Crippen molar-refractivity contribution in [3.63, 3.8) is 0 Å². The third kappa shape index (κ3) is 4.35. The minimum absolute atomic E-state index is 0.193. The molecule has 0 atom stereocenters. The van der Waals surface area contributed by atoms with E-state index in [9.17, 15) is 9.59 Å². The molecule has 5 nitrogen and oxygen atoms in total. The molecule has 1 heterocycles. The quantitative estimate of drug-likeness (QED) is 0.756. The summed E-state index contributed by atoms with van der Waals surface area (Å²) in [6.07, 6.45) is 3.49. The summed E-state index contributed by atoms with van der Waals surface area (Å²) >= 11 is 0. The molecule has 0 aliphatic rings. The molecular formula is C19H21NO4. The molecule has 2 rings (SSSR count). The first-order chi connectivity index (χ1) is 11.5. The number of carbonyl (C=O) groups excluding carboxylic acids is 1. The van der Waals surface area contributed by atoms with Crippen LogP contribution in [0, 0.1) is 6.92 Å². The third-order valence-corrected chi connectivity index (χ3v) is 3.73. The number of furan rings is 1. The number of nitrogens with zero attached hydrogens (tertiary/aromatic N) is 1. The van der Waals surface area contributed by atoms with Gasteiger partial charge in [0, 0.05) is 18.7 Å². The topological polar surface area (TPSA) is 70.8 Å². The average Bonchev–Trinajstić information content (AvgIpc) is 2.91. The molecule has 2 aromatic rings. The molecule has 1 aromatic heterocycles. The SMILES string of the molecule is C=CCN(CCc1ccccc1)C(=O)c1c(C)coc1CC(=O)O. The van der Waals surface area contributed by atoms with E-state index in [0.29, 0.717) is 30.6 Å². The number of carboxylic acids is 1. The molecule has 0 radical (unpaired) electrons. The fourth-order valence-corrected chi connectivity index (χ4v) is 2.55. The van der Waals surface area contributed by atoms with Crippen LogP contribution in [-0.4, -0.2) is 35.0 Å². The smallest absolute Gasteiger partial charge is 0.311 e. The first-order valence-electron chi connectivity index (χ1n) is 7.75. The fourth-order valence-electron chi connectivity index (χ4n) is 2.55. The fraction of sp³-hybridized carbons (Fsp3) is 0.263. The number of benzene rings is 1. The van der Waals surface area contributed by atoms with E-state index in [-0.39, 0.29) is 18.1 Å². The zero-order chi connectivity index (χ0) is 17.5. The maximum absolute atomic E-state index is 12.9. The van der Waals surface area contributed by atoms with Gasteiger partial charge in [-0.15, -0.1) is 6.58 Å². The number of hydrogen-bond donors (Lipinski definition) is 1. The Morgan fingerprint density at radius 2 is 2.00 bits per heavy atom. The van der Waals surface area contributed by atoms with Crippen molar-refractivity contribution >= 4 is 11.9 Å². The van der Waals surface area contributed by atoms with Gasteiger partial charge in [0.15, 0.2) is 0 Å². The van der Waals surface area contributed by atoms with Crippen LogP contribution in [0.2, 0.25) is 0 Å². The van der Waals surface area contributed by atoms with Crippen LogP contribution in [0.25, 0.3) is 0 Å². The van der Waals surface area contributed by atoms with Gasteiger partial charge in [-0.3, -0.25) is 9.59 Å². The number of aryl methyl sites for hydroxylation is 1. The van der Waals surface area contributed by atoms with Crippen LogP contribution in [-0.2, 0) is 17.6 Å². The van der Waals surface area contributed by atoms with Crippen LogP contribution in [0.3, 0.4) is 0 Å². The normalized spacial score (nSPS) is 10.4. The van der Waals surface area contributed by atoms with E-state index < -0.39 is 5.97 Å². The molecule has 1 N–H and O–H groups in total. The monoisotopic (exact) mass is 327 g/mol. The van der Waals surface area contributed by atoms with Gasteiger partial charge in [-0.25, -0.2) is 0 Å². The van der Waals surface area contributed by atoms with E-state index in [1.807, 2.05) is 30.3 Å².